The molecular weight excluding hydrogens is 408 g/mol. The number of nitrogens with one attached hydrogen (secondary N) is 3. The van der Waals surface area contributed by atoms with Crippen molar-refractivity contribution in [3.05, 3.63) is 53.5 Å². The third kappa shape index (κ3) is 4.51. The molecule has 4 rings (SSSR count). The Hall–Kier alpha value is -3.62. The van der Waals surface area contributed by atoms with E-state index in [-0.39, 0.29) is 17.7 Å². The second kappa shape index (κ2) is 9.25. The maximum Gasteiger partial charge on any atom is 0.271 e. The van der Waals surface area contributed by atoms with Crippen molar-refractivity contribution < 1.29 is 14.4 Å². The van der Waals surface area contributed by atoms with Crippen molar-refractivity contribution in [2.24, 2.45) is 7.05 Å². The quantitative estimate of drug-likeness (QED) is 0.466. The van der Waals surface area contributed by atoms with E-state index in [0.717, 1.165) is 22.2 Å². The smallest absolute Gasteiger partial charge is 0.271 e. The number of nitrogens with zero attached hydrogens (tertiary/aromatic N) is 3. The predicted octanol–water partition coefficient (Wildman–Crippen LogP) is 1.64. The molecule has 1 atom stereocenters. The van der Waals surface area contributed by atoms with E-state index in [1.807, 2.05) is 37.4 Å². The predicted molar refractivity (Wildman–Crippen MR) is 120 cm³/mol. The molecule has 0 spiro atoms. The first kappa shape index (κ1) is 21.6. The number of aromatic amines is 1. The molecular formula is C23H28N6O3. The molecule has 1 saturated heterocycles. The molecule has 3 heterocycles. The number of fused-ring (bicyclic) bond motifs is 1. The largest absolute Gasteiger partial charge is 0.361 e. The molecule has 2 aromatic heterocycles. The van der Waals surface area contributed by atoms with E-state index >= 15 is 0 Å². The summed E-state index contributed by atoms with van der Waals surface area (Å²) < 4.78 is 1.65. The van der Waals surface area contributed by atoms with Crippen LogP contribution in [0.25, 0.3) is 10.9 Å². The Morgan fingerprint density at radius 2 is 2.00 bits per heavy atom. The summed E-state index contributed by atoms with van der Waals surface area (Å²) >= 11 is 0. The van der Waals surface area contributed by atoms with Crippen LogP contribution in [0, 0.1) is 6.92 Å². The normalized spacial score (nSPS) is 16.0. The lowest BCUT2D eigenvalue weighted by Gasteiger charge is -2.24. The molecule has 0 saturated carbocycles. The molecule has 1 fully saturated rings. The highest BCUT2D eigenvalue weighted by Gasteiger charge is 2.36. The second-order valence-electron chi connectivity index (χ2n) is 8.13. The van der Waals surface area contributed by atoms with Gasteiger partial charge in [-0.3, -0.25) is 19.1 Å². The molecule has 9 heteroatoms. The minimum Gasteiger partial charge on any atom is -0.361 e. The standard InChI is InChI=1S/C23H28N6O3/c1-15-12-19(27-28(15)2)22(31)24-10-5-11-25-23(32)20-8-9-21(30)29(20)14-16-13-26-18-7-4-3-6-17(16)18/h3-4,6-7,12-13,20,26H,5,8-11,14H2,1-2H3,(H,24,31)(H,25,32). The van der Waals surface area contributed by atoms with Gasteiger partial charge in [-0.05, 0) is 37.5 Å². The lowest BCUT2D eigenvalue weighted by atomic mass is 10.1. The molecule has 168 valence electrons. The summed E-state index contributed by atoms with van der Waals surface area (Å²) in [6.07, 6.45) is 3.38. The molecule has 1 aromatic carbocycles. The number of carbonyl (C=O) groups excluding carboxylic acids is 3. The highest BCUT2D eigenvalue weighted by molar-refractivity contribution is 5.92. The van der Waals surface area contributed by atoms with E-state index in [2.05, 4.69) is 20.7 Å². The molecule has 32 heavy (non-hydrogen) atoms. The highest BCUT2D eigenvalue weighted by Crippen LogP contribution is 2.25. The van der Waals surface area contributed by atoms with Crippen LogP contribution in [0.15, 0.2) is 36.5 Å². The van der Waals surface area contributed by atoms with Crippen LogP contribution in [-0.4, -0.2) is 56.5 Å². The molecule has 3 N–H and O–H groups in total. The lowest BCUT2D eigenvalue weighted by Crippen LogP contribution is -2.44. The van der Waals surface area contributed by atoms with Gasteiger partial charge in [0, 0.05) is 55.9 Å². The number of aryl methyl sites for hydroxylation is 2. The summed E-state index contributed by atoms with van der Waals surface area (Å²) in [5, 5.41) is 10.9. The van der Waals surface area contributed by atoms with E-state index in [1.54, 1.807) is 22.7 Å². The van der Waals surface area contributed by atoms with E-state index in [0.29, 0.717) is 44.6 Å². The number of amides is 3. The van der Waals surface area contributed by atoms with Crippen LogP contribution in [0.2, 0.25) is 0 Å². The van der Waals surface area contributed by atoms with Gasteiger partial charge < -0.3 is 20.5 Å². The van der Waals surface area contributed by atoms with Crippen molar-refractivity contribution in [2.75, 3.05) is 13.1 Å². The van der Waals surface area contributed by atoms with Gasteiger partial charge in [0.15, 0.2) is 0 Å². The second-order valence-corrected chi connectivity index (χ2v) is 8.13. The lowest BCUT2D eigenvalue weighted by molar-refractivity contribution is -0.135. The SMILES string of the molecule is Cc1cc(C(=O)NCCCNC(=O)C2CCC(=O)N2Cc2c[nH]c3ccccc23)nn1C. The molecule has 1 aliphatic heterocycles. The van der Waals surface area contributed by atoms with Gasteiger partial charge in [0.1, 0.15) is 11.7 Å². The number of hydrogen-bond donors (Lipinski definition) is 3. The Morgan fingerprint density at radius 3 is 2.78 bits per heavy atom. The molecule has 3 aromatic rings. The molecule has 9 nitrogen and oxygen atoms in total. The van der Waals surface area contributed by atoms with Crippen molar-refractivity contribution in [3.8, 4) is 0 Å². The Morgan fingerprint density at radius 1 is 1.22 bits per heavy atom. The van der Waals surface area contributed by atoms with E-state index < -0.39 is 6.04 Å². The van der Waals surface area contributed by atoms with Gasteiger partial charge in [0.25, 0.3) is 5.91 Å². The van der Waals surface area contributed by atoms with Crippen LogP contribution < -0.4 is 10.6 Å². The Bertz CT molecular complexity index is 1130. The van der Waals surface area contributed by atoms with Crippen LogP contribution in [0.3, 0.4) is 0 Å². The number of aromatic nitrogens is 3. The zero-order valence-corrected chi connectivity index (χ0v) is 18.4. The van der Waals surface area contributed by atoms with E-state index in [1.165, 1.54) is 0 Å². The Balaban J connectivity index is 1.26. The summed E-state index contributed by atoms with van der Waals surface area (Å²) in [4.78, 5) is 42.2. The molecule has 1 unspecified atom stereocenters. The molecule has 0 radical (unpaired) electrons. The Kier molecular flexibility index (Phi) is 6.25. The fourth-order valence-electron chi connectivity index (χ4n) is 4.03. The van der Waals surface area contributed by atoms with Crippen molar-refractivity contribution >= 4 is 28.6 Å². The number of carbonyl (C=O) groups is 3. The number of hydrogen-bond acceptors (Lipinski definition) is 4. The average molecular weight is 437 g/mol. The van der Waals surface area contributed by atoms with E-state index in [9.17, 15) is 14.4 Å². The van der Waals surface area contributed by atoms with Crippen molar-refractivity contribution in [2.45, 2.75) is 38.8 Å². The minimum absolute atomic E-state index is 0.00616. The fraction of sp³-hybridized carbons (Fsp3) is 0.391. The van der Waals surface area contributed by atoms with Gasteiger partial charge in [-0.1, -0.05) is 18.2 Å². The highest BCUT2D eigenvalue weighted by atomic mass is 16.2. The van der Waals surface area contributed by atoms with Gasteiger partial charge in [-0.25, -0.2) is 0 Å². The summed E-state index contributed by atoms with van der Waals surface area (Å²) in [5.41, 5.74) is 3.30. The molecule has 0 bridgehead atoms. The Labute approximate surface area is 186 Å². The third-order valence-electron chi connectivity index (χ3n) is 5.93. The van der Waals surface area contributed by atoms with Crippen LogP contribution in [-0.2, 0) is 23.2 Å². The van der Waals surface area contributed by atoms with Crippen LogP contribution in [0.1, 0.15) is 41.0 Å². The third-order valence-corrected chi connectivity index (χ3v) is 5.93. The summed E-state index contributed by atoms with van der Waals surface area (Å²) in [6.45, 7) is 3.14. The maximum absolute atomic E-state index is 12.7. The number of likely N-dealkylation sites (tertiary alicyclic amines) is 1. The van der Waals surface area contributed by atoms with Crippen LogP contribution >= 0.6 is 0 Å². The first-order valence-corrected chi connectivity index (χ1v) is 10.8. The molecule has 3 amide bonds. The zero-order chi connectivity index (χ0) is 22.7. The van der Waals surface area contributed by atoms with Gasteiger partial charge in [0.05, 0.1) is 0 Å². The van der Waals surface area contributed by atoms with Crippen molar-refractivity contribution in [3.63, 3.8) is 0 Å². The topological polar surface area (TPSA) is 112 Å². The van der Waals surface area contributed by atoms with E-state index in [4.69, 9.17) is 0 Å². The van der Waals surface area contributed by atoms with Crippen molar-refractivity contribution in [1.29, 1.82) is 0 Å². The molecule has 0 aliphatic carbocycles. The fourth-order valence-corrected chi connectivity index (χ4v) is 4.03. The number of H-pyrrole nitrogens is 1. The number of para-hydroxylation sites is 1. The van der Waals surface area contributed by atoms with Gasteiger partial charge in [-0.2, -0.15) is 5.10 Å². The maximum atomic E-state index is 12.7. The first-order valence-electron chi connectivity index (χ1n) is 10.8. The number of benzene rings is 1. The van der Waals surface area contributed by atoms with Crippen molar-refractivity contribution in [1.82, 2.24) is 30.3 Å². The monoisotopic (exact) mass is 436 g/mol. The van der Waals surface area contributed by atoms with Crippen LogP contribution in [0.5, 0.6) is 0 Å². The molecule has 1 aliphatic rings. The summed E-state index contributed by atoms with van der Waals surface area (Å²) in [7, 11) is 1.79. The van der Waals surface area contributed by atoms with Crippen LogP contribution in [0.4, 0.5) is 0 Å². The summed E-state index contributed by atoms with van der Waals surface area (Å²) in [6, 6.07) is 9.18. The zero-order valence-electron chi connectivity index (χ0n) is 18.4. The number of rotatable bonds is 8. The van der Waals surface area contributed by atoms with Gasteiger partial charge >= 0.3 is 0 Å². The first-order chi connectivity index (χ1) is 15.4. The van der Waals surface area contributed by atoms with Gasteiger partial charge in [-0.15, -0.1) is 0 Å². The average Bonchev–Trinajstić information content (AvgIpc) is 3.46. The van der Waals surface area contributed by atoms with Gasteiger partial charge in [0.2, 0.25) is 11.8 Å². The summed E-state index contributed by atoms with van der Waals surface area (Å²) in [5.74, 6) is -0.387. The minimum atomic E-state index is -0.470.